The molecule has 0 aromatic heterocycles. The Morgan fingerprint density at radius 3 is 2.50 bits per heavy atom. The molecule has 2 heteroatoms. The lowest BCUT2D eigenvalue weighted by Crippen LogP contribution is -2.48. The molecular weight excluding hydrogens is 126 g/mol. The summed E-state index contributed by atoms with van der Waals surface area (Å²) in [5.41, 5.74) is 0. The van der Waals surface area contributed by atoms with Crippen LogP contribution in [0, 0.1) is 0 Å². The van der Waals surface area contributed by atoms with Crippen LogP contribution in [-0.2, 0) is 4.74 Å². The predicted molar refractivity (Wildman–Crippen MR) is 44.2 cm³/mol. The van der Waals surface area contributed by atoms with Crippen molar-refractivity contribution in [2.24, 2.45) is 0 Å². The van der Waals surface area contributed by atoms with Crippen LogP contribution in [0.2, 0.25) is 0 Å². The number of hydrogen-bond donors (Lipinski definition) is 1. The zero-order valence-corrected chi connectivity index (χ0v) is 6.89. The minimum absolute atomic E-state index is 0.452. The fraction of sp³-hybridized carbons (Fsp3) is 0.750. The number of nitrogens with one attached hydrogen (secondary N) is 1. The summed E-state index contributed by atoms with van der Waals surface area (Å²) in [5.74, 6) is 0. The summed E-state index contributed by atoms with van der Waals surface area (Å²) >= 11 is 0. The van der Waals surface area contributed by atoms with Crippen molar-refractivity contribution >= 4 is 0 Å². The van der Waals surface area contributed by atoms with Gasteiger partial charge in [0.05, 0.1) is 12.7 Å². The molecule has 1 heterocycles. The van der Waals surface area contributed by atoms with Crippen molar-refractivity contribution in [3.05, 3.63) is 12.7 Å². The Morgan fingerprint density at radius 2 is 2.20 bits per heavy atom. The molecule has 2 nitrogen and oxygen atoms in total. The summed E-state index contributed by atoms with van der Waals surface area (Å²) < 4.78 is 5.25. The van der Waals surface area contributed by atoms with Crippen molar-refractivity contribution in [2.75, 3.05) is 19.7 Å². The standard InChI is InChI=1S/C6H11NO.C2H6/c1-2-3-8-6-4-7-5-6;1-2/h2,6-7H,1,3-5H2;1-2H3. The van der Waals surface area contributed by atoms with Gasteiger partial charge < -0.3 is 10.1 Å². The molecule has 1 fully saturated rings. The van der Waals surface area contributed by atoms with Gasteiger partial charge in [-0.2, -0.15) is 0 Å². The van der Waals surface area contributed by atoms with Crippen LogP contribution in [0.3, 0.4) is 0 Å². The maximum absolute atomic E-state index is 5.25. The normalized spacial score (nSPS) is 16.6. The number of hydrogen-bond acceptors (Lipinski definition) is 2. The summed E-state index contributed by atoms with van der Waals surface area (Å²) in [6.07, 6.45) is 2.23. The second-order valence-electron chi connectivity index (χ2n) is 1.90. The van der Waals surface area contributed by atoms with Gasteiger partial charge in [-0.1, -0.05) is 19.9 Å². The zero-order chi connectivity index (χ0) is 7.82. The third kappa shape index (κ3) is 3.64. The fourth-order valence-corrected chi connectivity index (χ4v) is 0.584. The Hall–Kier alpha value is -0.340. The molecule has 0 saturated carbocycles. The van der Waals surface area contributed by atoms with Crippen molar-refractivity contribution in [1.29, 1.82) is 0 Å². The van der Waals surface area contributed by atoms with Gasteiger partial charge >= 0.3 is 0 Å². The van der Waals surface area contributed by atoms with Crippen molar-refractivity contribution in [1.82, 2.24) is 5.32 Å². The highest BCUT2D eigenvalue weighted by Crippen LogP contribution is 1.96. The van der Waals surface area contributed by atoms with E-state index in [1.165, 1.54) is 0 Å². The molecule has 1 aliphatic rings. The molecule has 0 aromatic rings. The average Bonchev–Trinajstić information content (AvgIpc) is 1.90. The molecule has 1 saturated heterocycles. The van der Waals surface area contributed by atoms with E-state index >= 15 is 0 Å². The molecule has 0 amide bonds. The summed E-state index contributed by atoms with van der Waals surface area (Å²) in [4.78, 5) is 0. The van der Waals surface area contributed by atoms with Crippen LogP contribution in [0.5, 0.6) is 0 Å². The van der Waals surface area contributed by atoms with Gasteiger partial charge in [-0.15, -0.1) is 6.58 Å². The average molecular weight is 143 g/mol. The molecule has 0 radical (unpaired) electrons. The third-order valence-electron chi connectivity index (χ3n) is 1.19. The van der Waals surface area contributed by atoms with E-state index in [2.05, 4.69) is 11.9 Å². The van der Waals surface area contributed by atoms with E-state index in [1.807, 2.05) is 13.8 Å². The lowest BCUT2D eigenvalue weighted by Gasteiger charge is -2.26. The number of ether oxygens (including phenoxy) is 1. The first-order valence-electron chi connectivity index (χ1n) is 3.86. The maximum Gasteiger partial charge on any atom is 0.0827 e. The van der Waals surface area contributed by atoms with Crippen molar-refractivity contribution in [3.8, 4) is 0 Å². The molecule has 10 heavy (non-hydrogen) atoms. The van der Waals surface area contributed by atoms with E-state index in [0.717, 1.165) is 13.1 Å². The SMILES string of the molecule is C=CCOC1CNC1.CC. The van der Waals surface area contributed by atoms with Gasteiger partial charge in [0, 0.05) is 13.1 Å². The van der Waals surface area contributed by atoms with E-state index in [-0.39, 0.29) is 0 Å². The molecule has 1 rings (SSSR count). The highest BCUT2D eigenvalue weighted by molar-refractivity contribution is 4.76. The Kier molecular flexibility index (Phi) is 6.55. The van der Waals surface area contributed by atoms with Crippen LogP contribution in [0.1, 0.15) is 13.8 Å². The highest BCUT2D eigenvalue weighted by Gasteiger charge is 2.15. The minimum atomic E-state index is 0.452. The molecular formula is C8H17NO. The third-order valence-corrected chi connectivity index (χ3v) is 1.19. The van der Waals surface area contributed by atoms with Crippen LogP contribution in [0.4, 0.5) is 0 Å². The Balaban J connectivity index is 0.000000371. The molecule has 0 aliphatic carbocycles. The van der Waals surface area contributed by atoms with Crippen molar-refractivity contribution in [2.45, 2.75) is 20.0 Å². The van der Waals surface area contributed by atoms with E-state index in [1.54, 1.807) is 6.08 Å². The van der Waals surface area contributed by atoms with Crippen molar-refractivity contribution < 1.29 is 4.74 Å². The molecule has 60 valence electrons. The first kappa shape index (κ1) is 9.66. The topological polar surface area (TPSA) is 21.3 Å². The van der Waals surface area contributed by atoms with Crippen LogP contribution in [-0.4, -0.2) is 25.8 Å². The quantitative estimate of drug-likeness (QED) is 0.599. The minimum Gasteiger partial charge on any atom is -0.372 e. The molecule has 1 aliphatic heterocycles. The first-order chi connectivity index (χ1) is 4.93. The van der Waals surface area contributed by atoms with Crippen molar-refractivity contribution in [3.63, 3.8) is 0 Å². The van der Waals surface area contributed by atoms with E-state index in [4.69, 9.17) is 4.74 Å². The van der Waals surface area contributed by atoms with Gasteiger partial charge in [0.25, 0.3) is 0 Å². The maximum atomic E-state index is 5.25. The smallest absolute Gasteiger partial charge is 0.0827 e. The molecule has 0 unspecified atom stereocenters. The Bertz CT molecular complexity index is 79.3. The summed E-state index contributed by atoms with van der Waals surface area (Å²) in [7, 11) is 0. The Morgan fingerprint density at radius 1 is 1.60 bits per heavy atom. The van der Waals surface area contributed by atoms with Crippen LogP contribution < -0.4 is 5.32 Å². The molecule has 0 spiro atoms. The fourth-order valence-electron chi connectivity index (χ4n) is 0.584. The lowest BCUT2D eigenvalue weighted by molar-refractivity contribution is 0.0365. The predicted octanol–water partition coefficient (Wildman–Crippen LogP) is 1.19. The molecule has 0 aromatic carbocycles. The summed E-state index contributed by atoms with van der Waals surface area (Å²) in [6, 6.07) is 0. The van der Waals surface area contributed by atoms with Gasteiger partial charge in [0.2, 0.25) is 0 Å². The first-order valence-corrected chi connectivity index (χ1v) is 3.86. The van der Waals surface area contributed by atoms with Gasteiger partial charge in [-0.25, -0.2) is 0 Å². The van der Waals surface area contributed by atoms with Crippen LogP contribution >= 0.6 is 0 Å². The van der Waals surface area contributed by atoms with Gasteiger partial charge in [0.15, 0.2) is 0 Å². The lowest BCUT2D eigenvalue weighted by atomic mass is 10.2. The largest absolute Gasteiger partial charge is 0.372 e. The van der Waals surface area contributed by atoms with E-state index in [0.29, 0.717) is 12.7 Å². The Labute approximate surface area is 63.3 Å². The summed E-state index contributed by atoms with van der Waals surface area (Å²) in [5, 5.41) is 3.11. The van der Waals surface area contributed by atoms with Crippen LogP contribution in [0.25, 0.3) is 0 Å². The van der Waals surface area contributed by atoms with Gasteiger partial charge in [-0.3, -0.25) is 0 Å². The van der Waals surface area contributed by atoms with E-state index in [9.17, 15) is 0 Å². The zero-order valence-electron chi connectivity index (χ0n) is 6.89. The van der Waals surface area contributed by atoms with Gasteiger partial charge in [-0.05, 0) is 0 Å². The second-order valence-corrected chi connectivity index (χ2v) is 1.90. The highest BCUT2D eigenvalue weighted by atomic mass is 16.5. The molecule has 1 N–H and O–H groups in total. The van der Waals surface area contributed by atoms with Gasteiger partial charge in [0.1, 0.15) is 0 Å². The molecule has 0 atom stereocenters. The number of rotatable bonds is 3. The molecule has 0 bridgehead atoms. The summed E-state index contributed by atoms with van der Waals surface area (Å²) in [6.45, 7) is 10.2. The van der Waals surface area contributed by atoms with Crippen LogP contribution in [0.15, 0.2) is 12.7 Å². The second kappa shape index (κ2) is 6.78. The monoisotopic (exact) mass is 143 g/mol. The van der Waals surface area contributed by atoms with E-state index < -0.39 is 0 Å².